The van der Waals surface area contributed by atoms with E-state index in [4.69, 9.17) is 4.74 Å². The van der Waals surface area contributed by atoms with Crippen molar-refractivity contribution in [3.63, 3.8) is 0 Å². The Bertz CT molecular complexity index is 419. The van der Waals surface area contributed by atoms with Gasteiger partial charge in [-0.15, -0.1) is 0 Å². The van der Waals surface area contributed by atoms with Crippen LogP contribution in [0.1, 0.15) is 57.1 Å². The zero-order valence-corrected chi connectivity index (χ0v) is 12.5. The molecule has 1 aromatic rings. The first-order chi connectivity index (χ1) is 9.73. The first-order valence-electron chi connectivity index (χ1n) is 7.61. The van der Waals surface area contributed by atoms with E-state index in [1.54, 1.807) is 19.4 Å². The quantitative estimate of drug-likeness (QED) is 0.864. The van der Waals surface area contributed by atoms with Gasteiger partial charge in [0.15, 0.2) is 0 Å². The summed E-state index contributed by atoms with van der Waals surface area (Å²) in [6.45, 7) is 2.98. The molecule has 1 aromatic heterocycles. The van der Waals surface area contributed by atoms with E-state index >= 15 is 0 Å². The summed E-state index contributed by atoms with van der Waals surface area (Å²) in [5, 5.41) is 3.50. The molecule has 0 radical (unpaired) electrons. The van der Waals surface area contributed by atoms with Gasteiger partial charge in [-0.3, -0.25) is 4.98 Å². The third-order valence-corrected chi connectivity index (χ3v) is 4.35. The van der Waals surface area contributed by atoms with E-state index in [-0.39, 0.29) is 17.5 Å². The summed E-state index contributed by atoms with van der Waals surface area (Å²) in [7, 11) is 1.76. The van der Waals surface area contributed by atoms with Gasteiger partial charge in [-0.1, -0.05) is 26.2 Å². The molecule has 1 aliphatic rings. The van der Waals surface area contributed by atoms with Gasteiger partial charge in [0.1, 0.15) is 5.82 Å². The molecule has 1 heterocycles. The van der Waals surface area contributed by atoms with E-state index in [0.29, 0.717) is 5.56 Å². The zero-order valence-electron chi connectivity index (χ0n) is 12.5. The largest absolute Gasteiger partial charge is 0.376 e. The van der Waals surface area contributed by atoms with Gasteiger partial charge >= 0.3 is 0 Å². The van der Waals surface area contributed by atoms with Crippen molar-refractivity contribution in [1.29, 1.82) is 0 Å². The number of ether oxygens (including phenoxy) is 1. The predicted octanol–water partition coefficient (Wildman–Crippen LogP) is 3.61. The van der Waals surface area contributed by atoms with E-state index in [2.05, 4.69) is 17.2 Å². The molecular formula is C16H25FN2O. The number of rotatable bonds is 6. The Morgan fingerprint density at radius 2 is 2.15 bits per heavy atom. The fraction of sp³-hybridized carbons (Fsp3) is 0.688. The zero-order chi connectivity index (χ0) is 14.4. The molecule has 2 rings (SSSR count). The van der Waals surface area contributed by atoms with Crippen molar-refractivity contribution in [3.05, 3.63) is 29.8 Å². The van der Waals surface area contributed by atoms with Gasteiger partial charge in [0, 0.05) is 18.9 Å². The predicted molar refractivity (Wildman–Crippen MR) is 78.1 cm³/mol. The average molecular weight is 280 g/mol. The van der Waals surface area contributed by atoms with Gasteiger partial charge < -0.3 is 10.1 Å². The lowest BCUT2D eigenvalue weighted by Gasteiger charge is -2.43. The number of nitrogens with zero attached hydrogens (tertiary/aromatic N) is 1. The van der Waals surface area contributed by atoms with Gasteiger partial charge in [-0.05, 0) is 31.9 Å². The maximum atomic E-state index is 14.2. The number of halogens is 1. The van der Waals surface area contributed by atoms with Crippen LogP contribution in [-0.2, 0) is 4.74 Å². The topological polar surface area (TPSA) is 34.2 Å². The van der Waals surface area contributed by atoms with Crippen LogP contribution in [-0.4, -0.2) is 24.2 Å². The molecule has 4 heteroatoms. The van der Waals surface area contributed by atoms with Crippen molar-refractivity contribution >= 4 is 0 Å². The molecule has 3 nitrogen and oxygen atoms in total. The van der Waals surface area contributed by atoms with Gasteiger partial charge in [0.2, 0.25) is 0 Å². The summed E-state index contributed by atoms with van der Waals surface area (Å²) in [5.74, 6) is -0.247. The molecule has 0 spiro atoms. The highest BCUT2D eigenvalue weighted by atomic mass is 19.1. The second-order valence-electron chi connectivity index (χ2n) is 5.61. The minimum atomic E-state index is -0.296. The van der Waals surface area contributed by atoms with Crippen LogP contribution in [0, 0.1) is 5.82 Å². The van der Waals surface area contributed by atoms with Crippen LogP contribution in [0.2, 0.25) is 0 Å². The molecule has 0 saturated heterocycles. The van der Waals surface area contributed by atoms with Gasteiger partial charge in [0.25, 0.3) is 0 Å². The van der Waals surface area contributed by atoms with Crippen LogP contribution >= 0.6 is 0 Å². The Morgan fingerprint density at radius 1 is 1.40 bits per heavy atom. The molecule has 0 bridgehead atoms. The molecule has 112 valence electrons. The van der Waals surface area contributed by atoms with Crippen LogP contribution in [0.15, 0.2) is 18.5 Å². The standard InChI is InChI=1S/C16H25FN2O/c1-3-10-19-15(13-7-11-18-12-14(13)17)16(20-2)8-5-4-6-9-16/h7,11-12,15,19H,3-6,8-10H2,1-2H3. The Balaban J connectivity index is 2.33. The summed E-state index contributed by atoms with van der Waals surface area (Å²) in [4.78, 5) is 3.86. The monoisotopic (exact) mass is 280 g/mol. The number of nitrogens with one attached hydrogen (secondary N) is 1. The van der Waals surface area contributed by atoms with Gasteiger partial charge in [-0.25, -0.2) is 4.39 Å². The number of pyridine rings is 1. The highest BCUT2D eigenvalue weighted by Crippen LogP contribution is 2.41. The van der Waals surface area contributed by atoms with Gasteiger partial charge in [0.05, 0.1) is 17.8 Å². The molecular weight excluding hydrogens is 255 g/mol. The van der Waals surface area contributed by atoms with Crippen molar-refractivity contribution in [2.45, 2.75) is 57.1 Å². The minimum Gasteiger partial charge on any atom is -0.376 e. The SMILES string of the molecule is CCCNC(c1ccncc1F)C1(OC)CCCCC1. The molecule has 1 N–H and O–H groups in total. The second-order valence-corrected chi connectivity index (χ2v) is 5.61. The van der Waals surface area contributed by atoms with Crippen LogP contribution < -0.4 is 5.32 Å². The lowest BCUT2D eigenvalue weighted by atomic mass is 9.76. The van der Waals surface area contributed by atoms with E-state index in [9.17, 15) is 4.39 Å². The van der Waals surface area contributed by atoms with Crippen molar-refractivity contribution in [2.75, 3.05) is 13.7 Å². The summed E-state index contributed by atoms with van der Waals surface area (Å²) in [5.41, 5.74) is 0.382. The lowest BCUT2D eigenvalue weighted by Crippen LogP contribution is -2.47. The van der Waals surface area contributed by atoms with E-state index in [1.165, 1.54) is 12.6 Å². The maximum Gasteiger partial charge on any atom is 0.146 e. The molecule has 0 aromatic carbocycles. The highest BCUT2D eigenvalue weighted by molar-refractivity contribution is 5.22. The third kappa shape index (κ3) is 3.18. The van der Waals surface area contributed by atoms with Crippen molar-refractivity contribution < 1.29 is 9.13 Å². The lowest BCUT2D eigenvalue weighted by molar-refractivity contribution is -0.0694. The molecule has 0 amide bonds. The van der Waals surface area contributed by atoms with E-state index in [1.807, 2.05) is 0 Å². The molecule has 1 unspecified atom stereocenters. The van der Waals surface area contributed by atoms with Gasteiger partial charge in [-0.2, -0.15) is 0 Å². The maximum absolute atomic E-state index is 14.2. The Hall–Kier alpha value is -1.00. The van der Waals surface area contributed by atoms with E-state index < -0.39 is 0 Å². The Kier molecular flexibility index (Phi) is 5.49. The summed E-state index contributed by atoms with van der Waals surface area (Å²) < 4.78 is 20.1. The van der Waals surface area contributed by atoms with Crippen LogP contribution in [0.25, 0.3) is 0 Å². The van der Waals surface area contributed by atoms with E-state index in [0.717, 1.165) is 38.6 Å². The summed E-state index contributed by atoms with van der Waals surface area (Å²) in [6, 6.07) is 1.67. The average Bonchev–Trinajstić information content (AvgIpc) is 2.50. The number of methoxy groups -OCH3 is 1. The highest BCUT2D eigenvalue weighted by Gasteiger charge is 2.41. The first kappa shape index (κ1) is 15.4. The fourth-order valence-corrected chi connectivity index (χ4v) is 3.25. The molecule has 20 heavy (non-hydrogen) atoms. The molecule has 0 aliphatic heterocycles. The van der Waals surface area contributed by atoms with Crippen molar-refractivity contribution in [1.82, 2.24) is 10.3 Å². The number of hydrogen-bond donors (Lipinski definition) is 1. The third-order valence-electron chi connectivity index (χ3n) is 4.35. The van der Waals surface area contributed by atoms with Crippen molar-refractivity contribution in [3.8, 4) is 0 Å². The second kappa shape index (κ2) is 7.14. The number of aromatic nitrogens is 1. The summed E-state index contributed by atoms with van der Waals surface area (Å²) in [6.07, 6.45) is 9.45. The van der Waals surface area contributed by atoms with Crippen molar-refractivity contribution in [2.24, 2.45) is 0 Å². The Labute approximate surface area is 120 Å². The molecule has 1 aliphatic carbocycles. The normalized spacial score (nSPS) is 19.8. The molecule has 1 atom stereocenters. The first-order valence-corrected chi connectivity index (χ1v) is 7.61. The Morgan fingerprint density at radius 3 is 2.75 bits per heavy atom. The summed E-state index contributed by atoms with van der Waals surface area (Å²) >= 11 is 0. The fourth-order valence-electron chi connectivity index (χ4n) is 3.25. The van der Waals surface area contributed by atoms with Crippen LogP contribution in [0.5, 0.6) is 0 Å². The molecule has 1 fully saturated rings. The number of hydrogen-bond acceptors (Lipinski definition) is 3. The van der Waals surface area contributed by atoms with Crippen LogP contribution in [0.3, 0.4) is 0 Å². The smallest absolute Gasteiger partial charge is 0.146 e. The molecule has 1 saturated carbocycles. The minimum absolute atomic E-state index is 0.101. The van der Waals surface area contributed by atoms with Crippen LogP contribution in [0.4, 0.5) is 4.39 Å².